The molecule has 1 heteroatoms. The van der Waals surface area contributed by atoms with Crippen LogP contribution in [0.15, 0.2) is 0 Å². The van der Waals surface area contributed by atoms with Crippen LogP contribution in [0.25, 0.3) is 0 Å². The second-order valence-corrected chi connectivity index (χ2v) is 4.41. The summed E-state index contributed by atoms with van der Waals surface area (Å²) in [6.45, 7) is 4.70. The summed E-state index contributed by atoms with van der Waals surface area (Å²) in [5.74, 6) is 2.03. The summed E-state index contributed by atoms with van der Waals surface area (Å²) < 4.78 is 0. The molecule has 0 aromatic heterocycles. The summed E-state index contributed by atoms with van der Waals surface area (Å²) in [6.07, 6.45) is 1.51. The van der Waals surface area contributed by atoms with Crippen molar-refractivity contribution in [2.24, 2.45) is 11.8 Å². The lowest BCUT2D eigenvalue weighted by Gasteiger charge is -2.11. The van der Waals surface area contributed by atoms with E-state index in [0.717, 1.165) is 11.8 Å². The summed E-state index contributed by atoms with van der Waals surface area (Å²) in [7, 11) is 1.28. The van der Waals surface area contributed by atoms with E-state index in [0.29, 0.717) is 0 Å². The molecule has 1 rings (SSSR count). The zero-order valence-corrected chi connectivity index (χ0v) is 6.78. The van der Waals surface area contributed by atoms with Gasteiger partial charge in [-0.3, -0.25) is 0 Å². The maximum atomic E-state index is 2.35. The molecule has 0 spiro atoms. The van der Waals surface area contributed by atoms with Crippen molar-refractivity contribution in [3.8, 4) is 0 Å². The summed E-state index contributed by atoms with van der Waals surface area (Å²) in [4.78, 5) is 0. The third-order valence-electron chi connectivity index (χ3n) is 2.04. The monoisotopic (exact) mass is 126 g/mol. The topological polar surface area (TPSA) is 0 Å². The summed E-state index contributed by atoms with van der Waals surface area (Å²) in [6, 6.07) is 3.04. The van der Waals surface area contributed by atoms with Crippen molar-refractivity contribution in [1.82, 2.24) is 0 Å². The SMILES string of the molecule is CC(C)C1CC[Si]C1. The molecule has 1 fully saturated rings. The number of hydrogen-bond donors (Lipinski definition) is 0. The Balaban J connectivity index is 2.24. The Morgan fingerprint density at radius 2 is 2.25 bits per heavy atom. The van der Waals surface area contributed by atoms with Gasteiger partial charge in [0.1, 0.15) is 0 Å². The van der Waals surface area contributed by atoms with Gasteiger partial charge in [-0.15, -0.1) is 0 Å². The minimum absolute atomic E-state index is 0.949. The van der Waals surface area contributed by atoms with Gasteiger partial charge >= 0.3 is 0 Å². The first-order chi connectivity index (χ1) is 3.80. The molecule has 1 aliphatic rings. The molecule has 1 atom stereocenters. The normalized spacial score (nSPS) is 29.6. The van der Waals surface area contributed by atoms with Gasteiger partial charge in [-0.1, -0.05) is 32.4 Å². The zero-order chi connectivity index (χ0) is 5.98. The van der Waals surface area contributed by atoms with Crippen LogP contribution in [0.2, 0.25) is 12.1 Å². The third kappa shape index (κ3) is 1.34. The highest BCUT2D eigenvalue weighted by Gasteiger charge is 2.17. The molecular weight excluding hydrogens is 112 g/mol. The van der Waals surface area contributed by atoms with Crippen LogP contribution in [-0.2, 0) is 0 Å². The summed E-state index contributed by atoms with van der Waals surface area (Å²) in [5, 5.41) is 0. The molecular formula is C7H14Si. The largest absolute Gasteiger partial charge is 0.0625 e. The van der Waals surface area contributed by atoms with E-state index in [-0.39, 0.29) is 0 Å². The molecule has 0 saturated carbocycles. The van der Waals surface area contributed by atoms with Crippen molar-refractivity contribution >= 4 is 9.52 Å². The molecule has 0 aromatic carbocycles. The highest BCUT2D eigenvalue weighted by Crippen LogP contribution is 2.27. The van der Waals surface area contributed by atoms with Crippen molar-refractivity contribution in [1.29, 1.82) is 0 Å². The number of hydrogen-bond acceptors (Lipinski definition) is 0. The highest BCUT2D eigenvalue weighted by atomic mass is 28.2. The van der Waals surface area contributed by atoms with Crippen molar-refractivity contribution in [2.45, 2.75) is 32.4 Å². The van der Waals surface area contributed by atoms with Gasteiger partial charge in [-0.2, -0.15) is 0 Å². The lowest BCUT2D eigenvalue weighted by atomic mass is 9.96. The van der Waals surface area contributed by atoms with Gasteiger partial charge in [0.25, 0.3) is 0 Å². The summed E-state index contributed by atoms with van der Waals surface area (Å²) in [5.41, 5.74) is 0. The molecule has 8 heavy (non-hydrogen) atoms. The average molecular weight is 126 g/mol. The first-order valence-corrected chi connectivity index (χ1v) is 4.93. The first-order valence-electron chi connectivity index (χ1n) is 3.51. The minimum Gasteiger partial charge on any atom is -0.0625 e. The second kappa shape index (κ2) is 2.67. The van der Waals surface area contributed by atoms with Gasteiger partial charge in [0.2, 0.25) is 0 Å². The number of rotatable bonds is 1. The van der Waals surface area contributed by atoms with E-state index in [9.17, 15) is 0 Å². The quantitative estimate of drug-likeness (QED) is 0.472. The molecule has 46 valence electrons. The maximum Gasteiger partial charge on any atom is 0.0381 e. The van der Waals surface area contributed by atoms with Gasteiger partial charge < -0.3 is 0 Å². The fourth-order valence-electron chi connectivity index (χ4n) is 1.25. The predicted molar refractivity (Wildman–Crippen MR) is 38.3 cm³/mol. The molecule has 0 aliphatic carbocycles. The van der Waals surface area contributed by atoms with E-state index in [4.69, 9.17) is 0 Å². The highest BCUT2D eigenvalue weighted by molar-refractivity contribution is 6.36. The Morgan fingerprint density at radius 3 is 2.50 bits per heavy atom. The van der Waals surface area contributed by atoms with Crippen LogP contribution in [0.1, 0.15) is 20.3 Å². The first kappa shape index (κ1) is 6.34. The van der Waals surface area contributed by atoms with E-state index in [1.807, 2.05) is 0 Å². The Kier molecular flexibility index (Phi) is 2.12. The van der Waals surface area contributed by atoms with Crippen LogP contribution in [0.4, 0.5) is 0 Å². The van der Waals surface area contributed by atoms with Gasteiger partial charge in [-0.25, -0.2) is 0 Å². The standard InChI is InChI=1S/C7H14Si/c1-6(2)7-3-4-8-5-7/h6-7H,3-5H2,1-2H3. The van der Waals surface area contributed by atoms with Crippen molar-refractivity contribution in [3.05, 3.63) is 0 Å². The van der Waals surface area contributed by atoms with Gasteiger partial charge in [0.15, 0.2) is 0 Å². The van der Waals surface area contributed by atoms with Crippen molar-refractivity contribution < 1.29 is 0 Å². The molecule has 0 N–H and O–H groups in total. The van der Waals surface area contributed by atoms with Crippen LogP contribution in [0.3, 0.4) is 0 Å². The van der Waals surface area contributed by atoms with Gasteiger partial charge in [0.05, 0.1) is 0 Å². The lowest BCUT2D eigenvalue weighted by Crippen LogP contribution is -2.01. The second-order valence-electron chi connectivity index (χ2n) is 3.00. The molecule has 2 radical (unpaired) electrons. The molecule has 1 unspecified atom stereocenters. The van der Waals surface area contributed by atoms with Gasteiger partial charge in [0, 0.05) is 9.52 Å². The van der Waals surface area contributed by atoms with E-state index in [1.165, 1.54) is 28.0 Å². The van der Waals surface area contributed by atoms with Crippen LogP contribution >= 0.6 is 0 Å². The predicted octanol–water partition coefficient (Wildman–Crippen LogP) is 2.20. The van der Waals surface area contributed by atoms with Crippen LogP contribution in [-0.4, -0.2) is 9.52 Å². The molecule has 0 amide bonds. The third-order valence-corrected chi connectivity index (χ3v) is 3.50. The van der Waals surface area contributed by atoms with Crippen LogP contribution in [0, 0.1) is 11.8 Å². The average Bonchev–Trinajstić information content (AvgIpc) is 2.12. The molecule has 1 saturated heterocycles. The molecule has 0 bridgehead atoms. The smallest absolute Gasteiger partial charge is 0.0381 e. The molecule has 0 aromatic rings. The van der Waals surface area contributed by atoms with E-state index < -0.39 is 0 Å². The van der Waals surface area contributed by atoms with Crippen LogP contribution < -0.4 is 0 Å². The molecule has 1 heterocycles. The van der Waals surface area contributed by atoms with Crippen molar-refractivity contribution in [2.75, 3.05) is 0 Å². The Hall–Kier alpha value is 0.217. The van der Waals surface area contributed by atoms with Crippen LogP contribution in [0.5, 0.6) is 0 Å². The maximum absolute atomic E-state index is 2.35. The Labute approximate surface area is 54.5 Å². The zero-order valence-electron chi connectivity index (χ0n) is 5.78. The van der Waals surface area contributed by atoms with E-state index in [1.54, 1.807) is 0 Å². The van der Waals surface area contributed by atoms with E-state index >= 15 is 0 Å². The minimum atomic E-state index is 0.949. The molecule has 1 aliphatic heterocycles. The Bertz CT molecular complexity index is 62.8. The van der Waals surface area contributed by atoms with Gasteiger partial charge in [-0.05, 0) is 11.8 Å². The summed E-state index contributed by atoms with van der Waals surface area (Å²) >= 11 is 0. The van der Waals surface area contributed by atoms with E-state index in [2.05, 4.69) is 13.8 Å². The molecule has 0 nitrogen and oxygen atoms in total. The fourth-order valence-corrected chi connectivity index (χ4v) is 3.07. The fraction of sp³-hybridized carbons (Fsp3) is 1.00. The Morgan fingerprint density at radius 1 is 1.50 bits per heavy atom. The van der Waals surface area contributed by atoms with Crippen molar-refractivity contribution in [3.63, 3.8) is 0 Å². The lowest BCUT2D eigenvalue weighted by molar-refractivity contribution is 0.424.